The number of hydrogen-bond acceptors (Lipinski definition) is 4. The number of aliphatic hydroxyl groups is 3. The van der Waals surface area contributed by atoms with Crippen molar-refractivity contribution in [2.24, 2.45) is 5.73 Å². The van der Waals surface area contributed by atoms with E-state index < -0.39 is 42.8 Å². The Morgan fingerprint density at radius 1 is 1.00 bits per heavy atom. The van der Waals surface area contributed by atoms with Crippen LogP contribution in [0.3, 0.4) is 0 Å². The van der Waals surface area contributed by atoms with Gasteiger partial charge >= 0.3 is 0 Å². The van der Waals surface area contributed by atoms with Crippen LogP contribution < -0.4 is 11.2 Å². The van der Waals surface area contributed by atoms with Crippen LogP contribution in [0.2, 0.25) is 0 Å². The van der Waals surface area contributed by atoms with Gasteiger partial charge in [-0.05, 0) is 12.1 Å². The number of halogens is 3. The third-order valence-corrected chi connectivity index (χ3v) is 1.95. The van der Waals surface area contributed by atoms with Crippen LogP contribution >= 0.6 is 0 Å². The van der Waals surface area contributed by atoms with Crippen molar-refractivity contribution in [1.29, 1.82) is 0 Å². The lowest BCUT2D eigenvalue weighted by Crippen LogP contribution is -2.50. The van der Waals surface area contributed by atoms with E-state index in [0.717, 1.165) is 12.1 Å². The number of aliphatic hydroxyl groups excluding tert-OH is 3. The Labute approximate surface area is 103 Å². The highest BCUT2D eigenvalue weighted by Crippen LogP contribution is 2.06. The molecule has 0 amide bonds. The first-order valence-electron chi connectivity index (χ1n) is 4.81. The molecule has 0 aliphatic carbocycles. The summed E-state index contributed by atoms with van der Waals surface area (Å²) in [5, 5.41) is 25.0. The highest BCUT2D eigenvalue weighted by atomic mass is 19.2. The minimum atomic E-state index is -1.49. The molecule has 0 unspecified atom stereocenters. The lowest BCUT2D eigenvalue weighted by atomic mass is 9.96. The molecular formula is C10H13BF3NO3. The molecule has 0 bridgehead atoms. The van der Waals surface area contributed by atoms with Gasteiger partial charge in [0.2, 0.25) is 0 Å². The third kappa shape index (κ3) is 5.05. The van der Waals surface area contributed by atoms with E-state index in [4.69, 9.17) is 28.9 Å². The molecule has 2 radical (unpaired) electrons. The average Bonchev–Trinajstić information content (AvgIpc) is 2.35. The Balaban J connectivity index is 0.000000331. The second kappa shape index (κ2) is 7.37. The van der Waals surface area contributed by atoms with Gasteiger partial charge in [-0.1, -0.05) is 5.46 Å². The largest absolute Gasteiger partial charge is 0.394 e. The van der Waals surface area contributed by atoms with Gasteiger partial charge in [-0.2, -0.15) is 0 Å². The van der Waals surface area contributed by atoms with E-state index in [9.17, 15) is 13.2 Å². The maximum absolute atomic E-state index is 12.1. The first-order valence-corrected chi connectivity index (χ1v) is 4.81. The van der Waals surface area contributed by atoms with Crippen molar-refractivity contribution in [1.82, 2.24) is 0 Å². The molecule has 0 saturated heterocycles. The summed E-state index contributed by atoms with van der Waals surface area (Å²) >= 11 is 0. The summed E-state index contributed by atoms with van der Waals surface area (Å²) in [7, 11) is 4.98. The fourth-order valence-electron chi connectivity index (χ4n) is 0.725. The molecule has 0 fully saturated rings. The Kier molecular flexibility index (Phi) is 6.93. The predicted molar refractivity (Wildman–Crippen MR) is 59.9 cm³/mol. The molecule has 100 valence electrons. The van der Waals surface area contributed by atoms with E-state index in [-0.39, 0.29) is 5.46 Å². The summed E-state index contributed by atoms with van der Waals surface area (Å²) in [6, 6.07) is 1.44. The maximum Gasteiger partial charge on any atom is 0.194 e. The second-order valence-electron chi connectivity index (χ2n) is 3.64. The summed E-state index contributed by atoms with van der Waals surface area (Å²) in [4.78, 5) is 0. The van der Waals surface area contributed by atoms with Gasteiger partial charge in [0.05, 0.1) is 25.4 Å². The quantitative estimate of drug-likeness (QED) is 0.397. The molecule has 5 N–H and O–H groups in total. The first kappa shape index (κ1) is 16.9. The summed E-state index contributed by atoms with van der Waals surface area (Å²) in [6.07, 6.45) is 0. The monoisotopic (exact) mass is 263 g/mol. The number of hydrogen-bond donors (Lipinski definition) is 4. The Morgan fingerprint density at radius 2 is 1.33 bits per heavy atom. The molecule has 0 atom stereocenters. The summed E-state index contributed by atoms with van der Waals surface area (Å²) in [5.74, 6) is -4.02. The van der Waals surface area contributed by atoms with Crippen LogP contribution in [0.25, 0.3) is 0 Å². The molecule has 0 heterocycles. The van der Waals surface area contributed by atoms with E-state index in [1.54, 1.807) is 0 Å². The van der Waals surface area contributed by atoms with Gasteiger partial charge in [0, 0.05) is 0 Å². The van der Waals surface area contributed by atoms with Crippen molar-refractivity contribution in [3.05, 3.63) is 29.6 Å². The van der Waals surface area contributed by atoms with Gasteiger partial charge in [-0.25, -0.2) is 13.2 Å². The number of benzene rings is 1. The van der Waals surface area contributed by atoms with Crippen LogP contribution in [0.5, 0.6) is 0 Å². The van der Waals surface area contributed by atoms with Crippen molar-refractivity contribution in [3.63, 3.8) is 0 Å². The molecule has 1 rings (SSSR count). The SMILES string of the molecule is NC(CO)(CO)CO.[B]c1cc(F)c(F)c(F)c1. The zero-order chi connectivity index (χ0) is 14.3. The molecule has 1 aromatic carbocycles. The summed E-state index contributed by atoms with van der Waals surface area (Å²) < 4.78 is 36.4. The minimum absolute atomic E-state index is 0.128. The van der Waals surface area contributed by atoms with Crippen molar-refractivity contribution in [2.45, 2.75) is 5.54 Å². The molecule has 0 aliphatic rings. The average molecular weight is 263 g/mol. The molecule has 18 heavy (non-hydrogen) atoms. The van der Waals surface area contributed by atoms with E-state index in [2.05, 4.69) is 0 Å². The number of rotatable bonds is 3. The van der Waals surface area contributed by atoms with Crippen LogP contribution in [0.1, 0.15) is 0 Å². The third-order valence-electron chi connectivity index (χ3n) is 1.95. The number of nitrogens with two attached hydrogens (primary N) is 1. The van der Waals surface area contributed by atoms with Gasteiger partial charge < -0.3 is 21.1 Å². The fourth-order valence-corrected chi connectivity index (χ4v) is 0.725. The molecular weight excluding hydrogens is 250 g/mol. The molecule has 0 aromatic heterocycles. The van der Waals surface area contributed by atoms with Gasteiger partial charge in [0.1, 0.15) is 7.85 Å². The normalized spacial score (nSPS) is 10.8. The standard InChI is InChI=1S/C6H2BF3.C4H11NO3/c7-3-1-4(8)6(10)5(9)2-3;5-4(1-6,2-7)3-8/h1-2H;6-8H,1-3,5H2. The Bertz CT molecular complexity index is 357. The van der Waals surface area contributed by atoms with Crippen molar-refractivity contribution in [3.8, 4) is 0 Å². The first-order chi connectivity index (χ1) is 8.29. The van der Waals surface area contributed by atoms with Crippen molar-refractivity contribution >= 4 is 13.3 Å². The molecule has 4 nitrogen and oxygen atoms in total. The van der Waals surface area contributed by atoms with Crippen LogP contribution in [0, 0.1) is 17.5 Å². The van der Waals surface area contributed by atoms with Gasteiger partial charge in [0.25, 0.3) is 0 Å². The Hall–Kier alpha value is -1.09. The summed E-state index contributed by atoms with van der Waals surface area (Å²) in [5.41, 5.74) is 3.81. The molecule has 8 heteroatoms. The van der Waals surface area contributed by atoms with E-state index in [1.807, 2.05) is 0 Å². The zero-order valence-electron chi connectivity index (χ0n) is 9.41. The second-order valence-corrected chi connectivity index (χ2v) is 3.64. The fraction of sp³-hybridized carbons (Fsp3) is 0.400. The van der Waals surface area contributed by atoms with Crippen molar-refractivity contribution < 1.29 is 28.5 Å². The Morgan fingerprint density at radius 3 is 1.56 bits per heavy atom. The van der Waals surface area contributed by atoms with E-state index >= 15 is 0 Å². The van der Waals surface area contributed by atoms with E-state index in [0.29, 0.717) is 0 Å². The lowest BCUT2D eigenvalue weighted by Gasteiger charge is -2.20. The van der Waals surface area contributed by atoms with Crippen LogP contribution in [0.15, 0.2) is 12.1 Å². The smallest absolute Gasteiger partial charge is 0.194 e. The van der Waals surface area contributed by atoms with Crippen LogP contribution in [-0.2, 0) is 0 Å². The van der Waals surface area contributed by atoms with Crippen LogP contribution in [0.4, 0.5) is 13.2 Å². The highest BCUT2D eigenvalue weighted by Gasteiger charge is 2.20. The zero-order valence-corrected chi connectivity index (χ0v) is 9.41. The molecule has 0 spiro atoms. The van der Waals surface area contributed by atoms with Gasteiger partial charge in [0.15, 0.2) is 17.5 Å². The van der Waals surface area contributed by atoms with E-state index in [1.165, 1.54) is 0 Å². The highest BCUT2D eigenvalue weighted by molar-refractivity contribution is 6.32. The van der Waals surface area contributed by atoms with Crippen molar-refractivity contribution in [2.75, 3.05) is 19.8 Å². The van der Waals surface area contributed by atoms with Gasteiger partial charge in [-0.15, -0.1) is 0 Å². The topological polar surface area (TPSA) is 86.7 Å². The molecule has 0 aliphatic heterocycles. The summed E-state index contributed by atoms with van der Waals surface area (Å²) in [6.45, 7) is -1.21. The van der Waals surface area contributed by atoms with Crippen LogP contribution in [-0.4, -0.2) is 48.5 Å². The maximum atomic E-state index is 12.1. The molecule has 0 saturated carbocycles. The minimum Gasteiger partial charge on any atom is -0.394 e. The lowest BCUT2D eigenvalue weighted by molar-refractivity contribution is 0.0698. The van der Waals surface area contributed by atoms with Gasteiger partial charge in [-0.3, -0.25) is 0 Å². The molecule has 1 aromatic rings. The predicted octanol–water partition coefficient (Wildman–Crippen LogP) is -1.44.